The molecule has 0 unspecified atom stereocenters. The quantitative estimate of drug-likeness (QED) is 0.284. The highest BCUT2D eigenvalue weighted by Gasteiger charge is 2.30. The van der Waals surface area contributed by atoms with E-state index in [0.717, 1.165) is 0 Å². The summed E-state index contributed by atoms with van der Waals surface area (Å²) in [6, 6.07) is 9.75. The highest BCUT2D eigenvalue weighted by atomic mass is 19.1. The summed E-state index contributed by atoms with van der Waals surface area (Å²) in [6.45, 7) is 6.27. The van der Waals surface area contributed by atoms with Crippen LogP contribution in [0.15, 0.2) is 55.0 Å². The van der Waals surface area contributed by atoms with Gasteiger partial charge in [0, 0.05) is 49.2 Å². The maximum atomic E-state index is 14.9. The predicted octanol–water partition coefficient (Wildman–Crippen LogP) is 4.84. The van der Waals surface area contributed by atoms with Crippen molar-refractivity contribution in [2.24, 2.45) is 0 Å². The first-order valence-corrected chi connectivity index (χ1v) is 13.4. The number of carboxylic acids is 1. The SMILES string of the molecule is CC(C)(C)OC(=O)N1CCC(c2cc3cnc(Nc4ccc(-n5cccn5)cc4F)cc3nc2NC(=O)C(=O)O)CC1. The number of anilines is 3. The number of halogens is 1. The number of carboxylic acid groups (broad SMARTS) is 1. The number of piperidine rings is 1. The van der Waals surface area contributed by atoms with Gasteiger partial charge in [0.2, 0.25) is 0 Å². The molecule has 1 fully saturated rings. The Morgan fingerprint density at radius 2 is 1.88 bits per heavy atom. The van der Waals surface area contributed by atoms with Crippen LogP contribution < -0.4 is 10.6 Å². The van der Waals surface area contributed by atoms with E-state index in [1.54, 1.807) is 68.5 Å². The first-order chi connectivity index (χ1) is 20.0. The summed E-state index contributed by atoms with van der Waals surface area (Å²) in [5.41, 5.74) is 1.19. The van der Waals surface area contributed by atoms with Gasteiger partial charge in [0.25, 0.3) is 0 Å². The van der Waals surface area contributed by atoms with Gasteiger partial charge in [-0.15, -0.1) is 0 Å². The van der Waals surface area contributed by atoms with Crippen LogP contribution in [0, 0.1) is 5.82 Å². The lowest BCUT2D eigenvalue weighted by Gasteiger charge is -2.34. The van der Waals surface area contributed by atoms with E-state index in [0.29, 0.717) is 53.9 Å². The zero-order valence-electron chi connectivity index (χ0n) is 23.3. The molecule has 42 heavy (non-hydrogen) atoms. The Kier molecular flexibility index (Phi) is 7.74. The van der Waals surface area contributed by atoms with Gasteiger partial charge >= 0.3 is 18.0 Å². The van der Waals surface area contributed by atoms with Gasteiger partial charge in [0.05, 0.1) is 16.9 Å². The summed E-state index contributed by atoms with van der Waals surface area (Å²) >= 11 is 0. The Bertz CT molecular complexity index is 1640. The van der Waals surface area contributed by atoms with Crippen molar-refractivity contribution in [3.8, 4) is 5.69 Å². The van der Waals surface area contributed by atoms with Gasteiger partial charge < -0.3 is 25.4 Å². The molecule has 0 bridgehead atoms. The largest absolute Gasteiger partial charge is 0.474 e. The summed E-state index contributed by atoms with van der Waals surface area (Å²) in [5.74, 6) is -3.08. The van der Waals surface area contributed by atoms with Crippen LogP contribution in [0.4, 0.5) is 26.5 Å². The molecule has 1 aliphatic rings. The number of aliphatic carboxylic acids is 1. The number of fused-ring (bicyclic) bond motifs is 1. The lowest BCUT2D eigenvalue weighted by atomic mass is 9.89. The second-order valence-electron chi connectivity index (χ2n) is 10.9. The van der Waals surface area contributed by atoms with Crippen molar-refractivity contribution >= 4 is 46.2 Å². The number of nitrogens with one attached hydrogen (secondary N) is 2. The molecule has 5 rings (SSSR count). The topological polar surface area (TPSA) is 152 Å². The molecule has 1 aliphatic heterocycles. The van der Waals surface area contributed by atoms with Crippen LogP contribution in [0.5, 0.6) is 0 Å². The minimum Gasteiger partial charge on any atom is -0.474 e. The van der Waals surface area contributed by atoms with Crippen LogP contribution in [0.25, 0.3) is 16.6 Å². The Morgan fingerprint density at radius 3 is 2.52 bits per heavy atom. The van der Waals surface area contributed by atoms with Gasteiger partial charge in [-0.2, -0.15) is 5.10 Å². The number of ether oxygens (including phenoxy) is 1. The number of hydrogen-bond acceptors (Lipinski definition) is 8. The molecule has 1 aromatic carbocycles. The van der Waals surface area contributed by atoms with E-state index in [9.17, 15) is 23.9 Å². The molecule has 2 amide bonds. The molecule has 218 valence electrons. The molecule has 3 aromatic heterocycles. The fourth-order valence-electron chi connectivity index (χ4n) is 4.73. The Labute approximate surface area is 240 Å². The van der Waals surface area contributed by atoms with Crippen molar-refractivity contribution in [3.05, 3.63) is 66.4 Å². The molecule has 4 heterocycles. The zero-order chi connectivity index (χ0) is 30.0. The Hall–Kier alpha value is -5.07. The Balaban J connectivity index is 1.39. The van der Waals surface area contributed by atoms with Crippen molar-refractivity contribution in [1.29, 1.82) is 0 Å². The van der Waals surface area contributed by atoms with Gasteiger partial charge in [-0.25, -0.2) is 28.6 Å². The van der Waals surface area contributed by atoms with E-state index in [4.69, 9.17) is 4.74 Å². The summed E-state index contributed by atoms with van der Waals surface area (Å²) in [7, 11) is 0. The number of amides is 2. The van der Waals surface area contributed by atoms with Crippen LogP contribution in [-0.4, -0.2) is 66.4 Å². The summed E-state index contributed by atoms with van der Waals surface area (Å²) in [5, 5.41) is 19.3. The summed E-state index contributed by atoms with van der Waals surface area (Å²) in [4.78, 5) is 46.5. The van der Waals surface area contributed by atoms with Crippen molar-refractivity contribution in [2.75, 3.05) is 23.7 Å². The lowest BCUT2D eigenvalue weighted by molar-refractivity contribution is -0.147. The molecule has 0 spiro atoms. The minimum atomic E-state index is -1.64. The molecule has 0 atom stereocenters. The van der Waals surface area contributed by atoms with E-state index >= 15 is 0 Å². The third-order valence-corrected chi connectivity index (χ3v) is 6.73. The second-order valence-corrected chi connectivity index (χ2v) is 10.9. The van der Waals surface area contributed by atoms with E-state index in [1.165, 1.54) is 10.7 Å². The number of rotatable bonds is 5. The number of pyridine rings is 2. The number of likely N-dealkylation sites (tertiary alicyclic amines) is 1. The van der Waals surface area contributed by atoms with E-state index in [1.807, 2.05) is 6.07 Å². The predicted molar refractivity (Wildman–Crippen MR) is 152 cm³/mol. The molecule has 4 aromatic rings. The monoisotopic (exact) mass is 575 g/mol. The highest BCUT2D eigenvalue weighted by Crippen LogP contribution is 2.35. The van der Waals surface area contributed by atoms with Gasteiger partial charge in [-0.05, 0) is 69.4 Å². The number of aromatic nitrogens is 4. The standard InChI is InChI=1S/C29H30FN7O5/c1-29(2,3)42-28(41)36-11-7-17(8-12-36)20-13-18-16-31-24(15-23(18)34-25(20)35-26(38)27(39)40)33-22-6-5-19(14-21(22)30)37-10-4-9-32-37/h4-6,9-10,13-17H,7-8,11-12H2,1-3H3,(H,31,33)(H,39,40)(H,34,35,38). The zero-order valence-corrected chi connectivity index (χ0v) is 23.3. The molecule has 13 heteroatoms. The number of carbonyl (C=O) groups excluding carboxylic acids is 2. The first kappa shape index (κ1) is 28.5. The highest BCUT2D eigenvalue weighted by molar-refractivity contribution is 6.36. The second kappa shape index (κ2) is 11.4. The number of benzene rings is 1. The Morgan fingerprint density at radius 1 is 1.12 bits per heavy atom. The molecule has 0 radical (unpaired) electrons. The molecular formula is C29H30FN7O5. The van der Waals surface area contributed by atoms with Crippen LogP contribution in [0.3, 0.4) is 0 Å². The maximum absolute atomic E-state index is 14.9. The summed E-state index contributed by atoms with van der Waals surface area (Å²) < 4.78 is 21.9. The minimum absolute atomic E-state index is 0.107. The molecule has 12 nitrogen and oxygen atoms in total. The van der Waals surface area contributed by atoms with Gasteiger partial charge in [0.15, 0.2) is 0 Å². The fourth-order valence-corrected chi connectivity index (χ4v) is 4.73. The smallest absolute Gasteiger partial charge is 0.410 e. The van der Waals surface area contributed by atoms with Crippen molar-refractivity contribution in [2.45, 2.75) is 45.1 Å². The van der Waals surface area contributed by atoms with Gasteiger partial charge in [-0.1, -0.05) is 0 Å². The maximum Gasteiger partial charge on any atom is 0.410 e. The molecule has 0 aliphatic carbocycles. The van der Waals surface area contributed by atoms with E-state index in [2.05, 4.69) is 25.7 Å². The van der Waals surface area contributed by atoms with Crippen LogP contribution in [-0.2, 0) is 14.3 Å². The molecule has 3 N–H and O–H groups in total. The lowest BCUT2D eigenvalue weighted by Crippen LogP contribution is -2.41. The third-order valence-electron chi connectivity index (χ3n) is 6.73. The number of carbonyl (C=O) groups is 3. The molecule has 0 saturated carbocycles. The molecular weight excluding hydrogens is 545 g/mol. The fraction of sp³-hybridized carbons (Fsp3) is 0.310. The van der Waals surface area contributed by atoms with Crippen LogP contribution in [0.2, 0.25) is 0 Å². The van der Waals surface area contributed by atoms with Gasteiger partial charge in [0.1, 0.15) is 23.1 Å². The van der Waals surface area contributed by atoms with E-state index < -0.39 is 29.4 Å². The van der Waals surface area contributed by atoms with Gasteiger partial charge in [-0.3, -0.25) is 4.79 Å². The van der Waals surface area contributed by atoms with Crippen molar-refractivity contribution < 1.29 is 28.6 Å². The number of hydrogen-bond donors (Lipinski definition) is 3. The van der Waals surface area contributed by atoms with Crippen molar-refractivity contribution in [1.82, 2.24) is 24.6 Å². The van der Waals surface area contributed by atoms with Crippen LogP contribution in [0.1, 0.15) is 45.1 Å². The van der Waals surface area contributed by atoms with E-state index in [-0.39, 0.29) is 17.4 Å². The van der Waals surface area contributed by atoms with Crippen LogP contribution >= 0.6 is 0 Å². The first-order valence-electron chi connectivity index (χ1n) is 13.4. The molecule has 1 saturated heterocycles. The third kappa shape index (κ3) is 6.45. The average molecular weight is 576 g/mol. The normalized spacial score (nSPS) is 14.0. The summed E-state index contributed by atoms with van der Waals surface area (Å²) in [6.07, 6.45) is 5.60. The average Bonchev–Trinajstić information content (AvgIpc) is 3.48. The number of nitrogens with zero attached hydrogens (tertiary/aromatic N) is 5. The van der Waals surface area contributed by atoms with Crippen molar-refractivity contribution in [3.63, 3.8) is 0 Å².